The van der Waals surface area contributed by atoms with Gasteiger partial charge in [0.25, 0.3) is 0 Å². The molecule has 0 saturated carbocycles. The molecule has 2 heterocycles. The molecule has 0 saturated heterocycles. The lowest BCUT2D eigenvalue weighted by molar-refractivity contribution is 0.226. The Morgan fingerprint density at radius 3 is 2.57 bits per heavy atom. The van der Waals surface area contributed by atoms with Crippen LogP contribution in [0.2, 0.25) is 0 Å². The van der Waals surface area contributed by atoms with Gasteiger partial charge in [0.05, 0.1) is 18.0 Å². The highest BCUT2D eigenvalue weighted by atomic mass is 16.6. The Balaban J connectivity index is 1.22. The molecule has 0 fully saturated rings. The third-order valence-corrected chi connectivity index (χ3v) is 5.44. The fourth-order valence-electron chi connectivity index (χ4n) is 3.88. The fourth-order valence-corrected chi connectivity index (χ4v) is 3.88. The summed E-state index contributed by atoms with van der Waals surface area (Å²) < 4.78 is 17.2. The van der Waals surface area contributed by atoms with Crippen LogP contribution in [0.4, 0.5) is 0 Å². The van der Waals surface area contributed by atoms with Crippen molar-refractivity contribution in [2.45, 2.75) is 25.7 Å². The Bertz CT molecular complexity index is 1290. The summed E-state index contributed by atoms with van der Waals surface area (Å²) in [7, 11) is 0. The van der Waals surface area contributed by atoms with Gasteiger partial charge >= 0.3 is 17.1 Å². The zero-order chi connectivity index (χ0) is 20.5. The summed E-state index contributed by atoms with van der Waals surface area (Å²) in [5.74, 6) is 1.15. The molecule has 1 aliphatic rings. The number of aromatic nitrogens is 2. The molecule has 5 rings (SSSR count). The average molecular weight is 404 g/mol. The molecule has 2 aromatic heterocycles. The van der Waals surface area contributed by atoms with Crippen molar-refractivity contribution in [1.82, 2.24) is 9.56 Å². The monoisotopic (exact) mass is 404 g/mol. The highest BCUT2D eigenvalue weighted by Crippen LogP contribution is 2.26. The molecule has 0 amide bonds. The standard InChI is InChI=1S/C23H20N2O5/c26-21-22(27)30-25-20-11-8-17(13-19(20)24-23(25)29-21)14-28-18-9-6-16(7-10-18)12-15-4-2-1-3-5-15/h1-7,9-10,17H,8,11-14H2. The van der Waals surface area contributed by atoms with Crippen LogP contribution >= 0.6 is 0 Å². The molecule has 1 unspecified atom stereocenters. The van der Waals surface area contributed by atoms with Crippen molar-refractivity contribution in [3.05, 3.63) is 98.0 Å². The van der Waals surface area contributed by atoms with E-state index >= 15 is 0 Å². The van der Waals surface area contributed by atoms with E-state index in [1.54, 1.807) is 0 Å². The third-order valence-electron chi connectivity index (χ3n) is 5.44. The minimum atomic E-state index is -1.04. The summed E-state index contributed by atoms with van der Waals surface area (Å²) in [6.45, 7) is 0.569. The average Bonchev–Trinajstić information content (AvgIpc) is 3.11. The summed E-state index contributed by atoms with van der Waals surface area (Å²) >= 11 is 0. The predicted molar refractivity (Wildman–Crippen MR) is 109 cm³/mol. The van der Waals surface area contributed by atoms with Crippen molar-refractivity contribution >= 4 is 5.84 Å². The van der Waals surface area contributed by atoms with E-state index in [1.807, 2.05) is 30.3 Å². The van der Waals surface area contributed by atoms with E-state index < -0.39 is 11.3 Å². The minimum Gasteiger partial charge on any atom is -0.493 e. The second kappa shape index (κ2) is 7.67. The predicted octanol–water partition coefficient (Wildman–Crippen LogP) is 3.02. The van der Waals surface area contributed by atoms with Crippen molar-refractivity contribution in [1.29, 1.82) is 0 Å². The zero-order valence-corrected chi connectivity index (χ0v) is 16.2. The van der Waals surface area contributed by atoms with Gasteiger partial charge in [0, 0.05) is 0 Å². The van der Waals surface area contributed by atoms with Crippen LogP contribution in [0.15, 0.2) is 73.1 Å². The molecule has 2 aromatic carbocycles. The zero-order valence-electron chi connectivity index (χ0n) is 16.2. The maximum atomic E-state index is 11.4. The molecule has 0 radical (unpaired) electrons. The van der Waals surface area contributed by atoms with Crippen molar-refractivity contribution in [2.75, 3.05) is 6.61 Å². The molecule has 0 N–H and O–H groups in total. The van der Waals surface area contributed by atoms with Crippen LogP contribution in [-0.4, -0.2) is 16.2 Å². The number of imidazole rings is 1. The minimum absolute atomic E-state index is 0.0279. The Hall–Kier alpha value is -3.61. The van der Waals surface area contributed by atoms with Crippen LogP contribution in [0.25, 0.3) is 5.84 Å². The molecule has 0 spiro atoms. The maximum Gasteiger partial charge on any atom is 0.442 e. The SMILES string of the molecule is O=c1oc2nc3c(n2oc1=O)CCC(COc1ccc(Cc2ccccc2)cc1)C3. The smallest absolute Gasteiger partial charge is 0.442 e. The van der Waals surface area contributed by atoms with Gasteiger partial charge in [-0.2, -0.15) is 4.98 Å². The van der Waals surface area contributed by atoms with Gasteiger partial charge in [-0.05, 0) is 54.9 Å². The van der Waals surface area contributed by atoms with Crippen LogP contribution in [0.5, 0.6) is 5.75 Å². The summed E-state index contributed by atoms with van der Waals surface area (Å²) in [5.41, 5.74) is 2.02. The van der Waals surface area contributed by atoms with Gasteiger partial charge in [-0.25, -0.2) is 9.59 Å². The van der Waals surface area contributed by atoms with E-state index in [4.69, 9.17) is 13.7 Å². The van der Waals surface area contributed by atoms with E-state index in [9.17, 15) is 9.59 Å². The Kier molecular flexibility index (Phi) is 4.71. The van der Waals surface area contributed by atoms with Crippen LogP contribution in [-0.2, 0) is 19.3 Å². The van der Waals surface area contributed by atoms with Gasteiger partial charge in [-0.15, -0.1) is 4.57 Å². The molecular weight excluding hydrogens is 384 g/mol. The van der Waals surface area contributed by atoms with Gasteiger partial charge in [0.1, 0.15) is 5.75 Å². The molecular formula is C23H20N2O5. The van der Waals surface area contributed by atoms with E-state index in [2.05, 4.69) is 29.2 Å². The van der Waals surface area contributed by atoms with Crippen LogP contribution in [0.3, 0.4) is 0 Å². The lowest BCUT2D eigenvalue weighted by Crippen LogP contribution is -2.24. The molecule has 0 bridgehead atoms. The third kappa shape index (κ3) is 3.66. The normalized spacial score (nSPS) is 15.8. The Labute approximate surface area is 171 Å². The Morgan fingerprint density at radius 1 is 1.00 bits per heavy atom. The summed E-state index contributed by atoms with van der Waals surface area (Å²) in [6.07, 6.45) is 3.12. The topological polar surface area (TPSA) is 87.0 Å². The lowest BCUT2D eigenvalue weighted by atomic mass is 9.90. The number of hydrogen-bond donors (Lipinski definition) is 0. The van der Waals surface area contributed by atoms with Gasteiger partial charge in [0.2, 0.25) is 0 Å². The van der Waals surface area contributed by atoms with Crippen molar-refractivity contribution in [3.8, 4) is 5.75 Å². The van der Waals surface area contributed by atoms with Gasteiger partial charge in [0.15, 0.2) is 0 Å². The molecule has 152 valence electrons. The van der Waals surface area contributed by atoms with E-state index in [-0.39, 0.29) is 11.8 Å². The van der Waals surface area contributed by atoms with Crippen molar-refractivity contribution < 1.29 is 13.7 Å². The second-order valence-electron chi connectivity index (χ2n) is 7.58. The van der Waals surface area contributed by atoms with Gasteiger partial charge in [-0.3, -0.25) is 0 Å². The molecule has 1 aliphatic carbocycles. The van der Waals surface area contributed by atoms with Gasteiger partial charge < -0.3 is 13.7 Å². The lowest BCUT2D eigenvalue weighted by Gasteiger charge is -2.21. The Morgan fingerprint density at radius 2 is 1.77 bits per heavy atom. The molecule has 7 heteroatoms. The van der Waals surface area contributed by atoms with E-state index in [0.29, 0.717) is 19.4 Å². The number of hydrogen-bond acceptors (Lipinski definition) is 6. The maximum absolute atomic E-state index is 11.4. The van der Waals surface area contributed by atoms with E-state index in [0.717, 1.165) is 30.0 Å². The molecule has 4 aromatic rings. The fraction of sp³-hybridized carbons (Fsp3) is 0.261. The van der Waals surface area contributed by atoms with Crippen LogP contribution < -0.4 is 16.0 Å². The van der Waals surface area contributed by atoms with E-state index in [1.165, 1.54) is 15.7 Å². The van der Waals surface area contributed by atoms with Crippen LogP contribution in [0.1, 0.15) is 28.9 Å². The number of nitrogens with zero attached hydrogens (tertiary/aromatic N) is 2. The molecule has 0 aliphatic heterocycles. The van der Waals surface area contributed by atoms with Gasteiger partial charge in [-0.1, -0.05) is 42.5 Å². The summed E-state index contributed by atoms with van der Waals surface area (Å²) in [6, 6.07) is 18.5. The number of rotatable bonds is 5. The first kappa shape index (κ1) is 18.4. The molecule has 7 nitrogen and oxygen atoms in total. The first-order valence-electron chi connectivity index (χ1n) is 9.96. The number of fused-ring (bicyclic) bond motifs is 3. The summed E-state index contributed by atoms with van der Waals surface area (Å²) in [5, 5.41) is 0. The number of aryl methyl sites for hydroxylation is 1. The van der Waals surface area contributed by atoms with Crippen LogP contribution in [0, 0.1) is 5.92 Å². The second-order valence-corrected chi connectivity index (χ2v) is 7.58. The van der Waals surface area contributed by atoms with Crippen molar-refractivity contribution in [2.24, 2.45) is 5.92 Å². The summed E-state index contributed by atoms with van der Waals surface area (Å²) in [4.78, 5) is 27.1. The number of ether oxygens (including phenoxy) is 1. The van der Waals surface area contributed by atoms with Crippen molar-refractivity contribution in [3.63, 3.8) is 0 Å². The first-order valence-corrected chi connectivity index (χ1v) is 9.96. The largest absolute Gasteiger partial charge is 0.493 e. The highest BCUT2D eigenvalue weighted by Gasteiger charge is 2.26. The molecule has 30 heavy (non-hydrogen) atoms. The number of benzene rings is 2. The first-order chi connectivity index (χ1) is 14.7. The highest BCUT2D eigenvalue weighted by molar-refractivity contribution is 5.33. The molecule has 1 atom stereocenters. The quantitative estimate of drug-likeness (QED) is 0.475.